The Bertz CT molecular complexity index is 915. The Morgan fingerprint density at radius 1 is 0.917 bits per heavy atom. The molecule has 0 heterocycles. The average Bonchev–Trinajstić information content (AvgIpc) is 2.61. The van der Waals surface area contributed by atoms with Gasteiger partial charge in [-0.3, -0.25) is 5.41 Å². The maximum absolute atomic E-state index is 7.50. The van der Waals surface area contributed by atoms with E-state index in [9.17, 15) is 0 Å². The van der Waals surface area contributed by atoms with Crippen LogP contribution < -0.4 is 5.73 Å². The van der Waals surface area contributed by atoms with Crippen molar-refractivity contribution in [2.24, 2.45) is 5.73 Å². The molecule has 24 heavy (non-hydrogen) atoms. The first kappa shape index (κ1) is 15.8. The number of amidine groups is 1. The van der Waals surface area contributed by atoms with Gasteiger partial charge in [0, 0.05) is 17.5 Å². The van der Waals surface area contributed by atoms with Crippen molar-refractivity contribution in [3.8, 4) is 11.8 Å². The van der Waals surface area contributed by atoms with Gasteiger partial charge in [0.15, 0.2) is 0 Å². The number of unbranched alkanes of at least 4 members (excludes halogenated alkanes) is 1. The Morgan fingerprint density at radius 2 is 1.67 bits per heavy atom. The van der Waals surface area contributed by atoms with Crippen LogP contribution in [0.25, 0.3) is 10.8 Å². The predicted molar refractivity (Wildman–Crippen MR) is 101 cm³/mol. The molecule has 0 aliphatic heterocycles. The van der Waals surface area contributed by atoms with Crippen LogP contribution in [0, 0.1) is 17.3 Å². The second-order valence-corrected chi connectivity index (χ2v) is 5.83. The summed E-state index contributed by atoms with van der Waals surface area (Å²) in [7, 11) is 0. The number of hydrogen-bond acceptors (Lipinski definition) is 1. The minimum atomic E-state index is 0.0965. The Balaban J connectivity index is 1.63. The summed E-state index contributed by atoms with van der Waals surface area (Å²) in [6.07, 6.45) is 3.05. The lowest BCUT2D eigenvalue weighted by molar-refractivity contribution is 0.858. The van der Waals surface area contributed by atoms with E-state index in [0.717, 1.165) is 41.2 Å². The third kappa shape index (κ3) is 4.02. The summed E-state index contributed by atoms with van der Waals surface area (Å²) in [5.74, 6) is 6.60. The van der Waals surface area contributed by atoms with Crippen molar-refractivity contribution in [3.05, 3.63) is 83.4 Å². The van der Waals surface area contributed by atoms with Crippen LogP contribution in [-0.4, -0.2) is 5.84 Å². The third-order valence-corrected chi connectivity index (χ3v) is 3.99. The molecule has 0 saturated carbocycles. The van der Waals surface area contributed by atoms with Crippen molar-refractivity contribution in [2.75, 3.05) is 0 Å². The van der Waals surface area contributed by atoms with E-state index in [1.54, 1.807) is 0 Å². The number of fused-ring (bicyclic) bond motifs is 1. The summed E-state index contributed by atoms with van der Waals surface area (Å²) in [5, 5.41) is 9.70. The highest BCUT2D eigenvalue weighted by atomic mass is 14.7. The first-order chi connectivity index (χ1) is 11.7. The van der Waals surface area contributed by atoms with Gasteiger partial charge in [0.25, 0.3) is 0 Å². The van der Waals surface area contributed by atoms with E-state index in [4.69, 9.17) is 11.1 Å². The molecule has 0 bridgehead atoms. The summed E-state index contributed by atoms with van der Waals surface area (Å²) in [6.45, 7) is 0. The smallest absolute Gasteiger partial charge is 0.122 e. The van der Waals surface area contributed by atoms with E-state index in [2.05, 4.69) is 42.2 Å². The molecule has 0 spiro atoms. The Hall–Kier alpha value is -3.05. The molecule has 0 aliphatic rings. The summed E-state index contributed by atoms with van der Waals surface area (Å²) >= 11 is 0. The van der Waals surface area contributed by atoms with Crippen molar-refractivity contribution in [1.82, 2.24) is 0 Å². The zero-order valence-electron chi connectivity index (χ0n) is 13.5. The summed E-state index contributed by atoms with van der Waals surface area (Å²) in [6, 6.07) is 22.5. The number of hydrogen-bond donors (Lipinski definition) is 2. The number of aryl methyl sites for hydroxylation is 1. The van der Waals surface area contributed by atoms with Crippen LogP contribution >= 0.6 is 0 Å². The van der Waals surface area contributed by atoms with E-state index in [1.165, 1.54) is 5.56 Å². The predicted octanol–water partition coefficient (Wildman–Crippen LogP) is 4.50. The fourth-order valence-corrected chi connectivity index (χ4v) is 2.68. The molecule has 2 heteroatoms. The van der Waals surface area contributed by atoms with Gasteiger partial charge in [-0.2, -0.15) is 0 Å². The molecule has 3 N–H and O–H groups in total. The standard InChI is InChI=1S/C22H20N2/c23-22(24)21-14-13-19-15-18(11-12-20(19)16-21)10-6-2-5-9-17-7-3-1-4-8-17/h1,3-4,7-8,11-16H,2,5,9H2,(H3,23,24). The molecule has 118 valence electrons. The zero-order chi connectivity index (χ0) is 16.8. The molecule has 2 nitrogen and oxygen atoms in total. The maximum atomic E-state index is 7.50. The zero-order valence-corrected chi connectivity index (χ0v) is 13.5. The molecule has 0 unspecified atom stereocenters. The summed E-state index contributed by atoms with van der Waals surface area (Å²) in [5.41, 5.74) is 8.68. The van der Waals surface area contributed by atoms with Crippen molar-refractivity contribution in [2.45, 2.75) is 19.3 Å². The lowest BCUT2D eigenvalue weighted by Crippen LogP contribution is -2.10. The molecular weight excluding hydrogens is 292 g/mol. The normalized spacial score (nSPS) is 10.2. The van der Waals surface area contributed by atoms with E-state index in [0.29, 0.717) is 0 Å². The Kier molecular flexibility index (Phi) is 4.93. The molecule has 0 amide bonds. The highest BCUT2D eigenvalue weighted by Gasteiger charge is 1.99. The van der Waals surface area contributed by atoms with Gasteiger partial charge in [-0.1, -0.05) is 60.4 Å². The van der Waals surface area contributed by atoms with Crippen LogP contribution in [0.3, 0.4) is 0 Å². The van der Waals surface area contributed by atoms with Gasteiger partial charge >= 0.3 is 0 Å². The second kappa shape index (κ2) is 7.48. The highest BCUT2D eigenvalue weighted by molar-refractivity contribution is 5.99. The second-order valence-electron chi connectivity index (χ2n) is 5.83. The van der Waals surface area contributed by atoms with Gasteiger partial charge in [-0.15, -0.1) is 0 Å². The molecule has 0 aromatic heterocycles. The van der Waals surface area contributed by atoms with Crippen molar-refractivity contribution in [3.63, 3.8) is 0 Å². The summed E-state index contributed by atoms with van der Waals surface area (Å²) in [4.78, 5) is 0. The van der Waals surface area contributed by atoms with Crippen LogP contribution in [0.2, 0.25) is 0 Å². The number of nitrogen functional groups attached to an aromatic ring is 1. The van der Waals surface area contributed by atoms with Gasteiger partial charge in [-0.25, -0.2) is 0 Å². The fourth-order valence-electron chi connectivity index (χ4n) is 2.68. The maximum Gasteiger partial charge on any atom is 0.122 e. The minimum Gasteiger partial charge on any atom is -0.384 e. The van der Waals surface area contributed by atoms with Crippen LogP contribution in [0.1, 0.15) is 29.5 Å². The number of nitrogens with one attached hydrogen (secondary N) is 1. The lowest BCUT2D eigenvalue weighted by Gasteiger charge is -2.02. The van der Waals surface area contributed by atoms with E-state index in [-0.39, 0.29) is 5.84 Å². The Labute approximate surface area is 142 Å². The molecule has 0 saturated heterocycles. The van der Waals surface area contributed by atoms with Crippen molar-refractivity contribution >= 4 is 16.6 Å². The topological polar surface area (TPSA) is 49.9 Å². The number of rotatable bonds is 4. The van der Waals surface area contributed by atoms with E-state index < -0.39 is 0 Å². The first-order valence-electron chi connectivity index (χ1n) is 8.13. The van der Waals surface area contributed by atoms with Crippen LogP contribution in [-0.2, 0) is 6.42 Å². The SMILES string of the molecule is N=C(N)c1ccc2cc(C#CCCCc3ccccc3)ccc2c1. The van der Waals surface area contributed by atoms with Gasteiger partial charge in [0.2, 0.25) is 0 Å². The lowest BCUT2D eigenvalue weighted by atomic mass is 10.0. The quantitative estimate of drug-likeness (QED) is 0.317. The van der Waals surface area contributed by atoms with E-state index >= 15 is 0 Å². The van der Waals surface area contributed by atoms with Crippen molar-refractivity contribution < 1.29 is 0 Å². The average molecular weight is 312 g/mol. The molecule has 0 radical (unpaired) electrons. The molecular formula is C22H20N2. The summed E-state index contributed by atoms with van der Waals surface area (Å²) < 4.78 is 0. The third-order valence-electron chi connectivity index (χ3n) is 3.99. The number of nitrogens with two attached hydrogens (primary N) is 1. The monoisotopic (exact) mass is 312 g/mol. The van der Waals surface area contributed by atoms with Crippen LogP contribution in [0.5, 0.6) is 0 Å². The van der Waals surface area contributed by atoms with Gasteiger partial charge in [-0.05, 0) is 47.4 Å². The molecule has 0 aliphatic carbocycles. The van der Waals surface area contributed by atoms with Gasteiger partial charge < -0.3 is 5.73 Å². The van der Waals surface area contributed by atoms with Gasteiger partial charge in [0.05, 0.1) is 0 Å². The molecule has 0 fully saturated rings. The molecule has 0 atom stereocenters. The number of benzene rings is 3. The van der Waals surface area contributed by atoms with Gasteiger partial charge in [0.1, 0.15) is 5.84 Å². The molecule has 3 aromatic rings. The minimum absolute atomic E-state index is 0.0965. The Morgan fingerprint density at radius 3 is 2.46 bits per heavy atom. The molecule has 3 aromatic carbocycles. The molecule has 3 rings (SSSR count). The fraction of sp³-hybridized carbons (Fsp3) is 0.136. The van der Waals surface area contributed by atoms with E-state index in [1.807, 2.05) is 36.4 Å². The van der Waals surface area contributed by atoms with Crippen molar-refractivity contribution in [1.29, 1.82) is 5.41 Å². The van der Waals surface area contributed by atoms with Crippen LogP contribution in [0.4, 0.5) is 0 Å². The first-order valence-corrected chi connectivity index (χ1v) is 8.13. The van der Waals surface area contributed by atoms with Crippen LogP contribution in [0.15, 0.2) is 66.7 Å². The highest BCUT2D eigenvalue weighted by Crippen LogP contribution is 2.17. The largest absolute Gasteiger partial charge is 0.384 e.